The van der Waals surface area contributed by atoms with E-state index in [4.69, 9.17) is 0 Å². The first-order valence-electron chi connectivity index (χ1n) is 21.3. The number of benzene rings is 10. The number of para-hydroxylation sites is 2. The van der Waals surface area contributed by atoms with E-state index in [0.717, 1.165) is 28.3 Å². The molecular formula is C60H42N2. The third-order valence-corrected chi connectivity index (χ3v) is 12.0. The van der Waals surface area contributed by atoms with Crippen molar-refractivity contribution in [2.75, 3.05) is 4.90 Å². The van der Waals surface area contributed by atoms with Crippen molar-refractivity contribution in [3.63, 3.8) is 0 Å². The molecule has 2 heteroatoms. The van der Waals surface area contributed by atoms with Crippen molar-refractivity contribution in [1.82, 2.24) is 4.57 Å². The standard InChI is InChI=1S/C60H42N2/c1-5-16-43(17-6-1)46-28-30-47(31-29-46)49-34-38-54(39-35-49)61(53-36-32-48(33-37-53)44-18-7-2-8-19-44)55-25-15-22-50(40-55)57-41-51(45-20-9-3-10-21-45)42-59-60(57)56-26-13-14-27-58(56)62(59)52-23-11-4-12-24-52/h1-42H. The van der Waals surface area contributed by atoms with Gasteiger partial charge in [0.2, 0.25) is 0 Å². The fourth-order valence-corrected chi connectivity index (χ4v) is 8.96. The molecule has 0 radical (unpaired) electrons. The van der Waals surface area contributed by atoms with Crippen molar-refractivity contribution in [3.8, 4) is 61.3 Å². The number of rotatable bonds is 9. The van der Waals surface area contributed by atoms with Crippen molar-refractivity contribution in [2.24, 2.45) is 0 Å². The van der Waals surface area contributed by atoms with Crippen LogP contribution in [0.3, 0.4) is 0 Å². The lowest BCUT2D eigenvalue weighted by molar-refractivity contribution is 1.18. The van der Waals surface area contributed by atoms with E-state index in [0.29, 0.717) is 0 Å². The second-order valence-corrected chi connectivity index (χ2v) is 15.8. The Morgan fingerprint density at radius 3 is 1.21 bits per heavy atom. The topological polar surface area (TPSA) is 8.17 Å². The molecule has 62 heavy (non-hydrogen) atoms. The molecule has 0 unspecified atom stereocenters. The second-order valence-electron chi connectivity index (χ2n) is 15.8. The van der Waals surface area contributed by atoms with E-state index in [9.17, 15) is 0 Å². The molecule has 0 saturated carbocycles. The highest BCUT2D eigenvalue weighted by atomic mass is 15.1. The minimum Gasteiger partial charge on any atom is -0.310 e. The highest BCUT2D eigenvalue weighted by Gasteiger charge is 2.20. The van der Waals surface area contributed by atoms with E-state index in [1.165, 1.54) is 71.9 Å². The van der Waals surface area contributed by atoms with Crippen LogP contribution in [-0.2, 0) is 0 Å². The molecule has 0 spiro atoms. The molecule has 11 rings (SSSR count). The molecule has 0 fully saturated rings. The minimum absolute atomic E-state index is 1.08. The average molecular weight is 791 g/mol. The van der Waals surface area contributed by atoms with Crippen LogP contribution in [0.5, 0.6) is 0 Å². The van der Waals surface area contributed by atoms with Crippen molar-refractivity contribution in [1.29, 1.82) is 0 Å². The maximum Gasteiger partial charge on any atom is 0.0553 e. The first-order chi connectivity index (χ1) is 30.7. The molecule has 0 aliphatic heterocycles. The molecule has 10 aromatic carbocycles. The van der Waals surface area contributed by atoms with Crippen molar-refractivity contribution < 1.29 is 0 Å². The van der Waals surface area contributed by atoms with Gasteiger partial charge < -0.3 is 9.47 Å². The lowest BCUT2D eigenvalue weighted by Crippen LogP contribution is -2.10. The first kappa shape index (κ1) is 36.8. The van der Waals surface area contributed by atoms with Gasteiger partial charge in [-0.2, -0.15) is 0 Å². The predicted octanol–water partition coefficient (Wildman–Crippen LogP) is 16.6. The molecule has 1 heterocycles. The highest BCUT2D eigenvalue weighted by molar-refractivity contribution is 6.17. The molecule has 0 saturated heterocycles. The van der Waals surface area contributed by atoms with Crippen LogP contribution in [0.4, 0.5) is 17.1 Å². The number of anilines is 3. The monoisotopic (exact) mass is 790 g/mol. The van der Waals surface area contributed by atoms with Gasteiger partial charge in [0.1, 0.15) is 0 Å². The Kier molecular flexibility index (Phi) is 9.57. The van der Waals surface area contributed by atoms with Gasteiger partial charge in [0.05, 0.1) is 11.0 Å². The van der Waals surface area contributed by atoms with Crippen LogP contribution in [-0.4, -0.2) is 4.57 Å². The van der Waals surface area contributed by atoms with Crippen molar-refractivity contribution >= 4 is 38.9 Å². The molecule has 292 valence electrons. The Morgan fingerprint density at radius 2 is 0.677 bits per heavy atom. The molecule has 0 amide bonds. The van der Waals surface area contributed by atoms with Gasteiger partial charge in [0.15, 0.2) is 0 Å². The summed E-state index contributed by atoms with van der Waals surface area (Å²) < 4.78 is 2.42. The first-order valence-corrected chi connectivity index (χ1v) is 21.3. The summed E-state index contributed by atoms with van der Waals surface area (Å²) in [6.07, 6.45) is 0. The second kappa shape index (κ2) is 16.1. The van der Waals surface area contributed by atoms with E-state index in [1.54, 1.807) is 0 Å². The maximum atomic E-state index is 2.42. The number of hydrogen-bond donors (Lipinski definition) is 0. The molecular weight excluding hydrogens is 749 g/mol. The van der Waals surface area contributed by atoms with Crippen LogP contribution < -0.4 is 4.90 Å². The number of aromatic nitrogens is 1. The van der Waals surface area contributed by atoms with E-state index in [1.807, 2.05) is 0 Å². The third-order valence-electron chi connectivity index (χ3n) is 12.0. The SMILES string of the molecule is c1ccc(-c2ccc(-c3ccc(N(c4ccc(-c5ccccc5)cc4)c4cccc(-c5cc(-c6ccccc6)cc6c5c5ccccc5n6-c5ccccc5)c4)cc3)cc2)cc1. The molecule has 0 aliphatic carbocycles. The summed E-state index contributed by atoms with van der Waals surface area (Å²) in [7, 11) is 0. The fourth-order valence-electron chi connectivity index (χ4n) is 8.96. The molecule has 0 bridgehead atoms. The van der Waals surface area contributed by atoms with E-state index in [2.05, 4.69) is 264 Å². The van der Waals surface area contributed by atoms with Gasteiger partial charge in [-0.15, -0.1) is 0 Å². The van der Waals surface area contributed by atoms with E-state index in [-0.39, 0.29) is 0 Å². The van der Waals surface area contributed by atoms with Crippen LogP contribution in [0.25, 0.3) is 83.1 Å². The Balaban J connectivity index is 1.06. The lowest BCUT2D eigenvalue weighted by atomic mass is 9.94. The third kappa shape index (κ3) is 6.94. The number of fused-ring (bicyclic) bond motifs is 3. The van der Waals surface area contributed by atoms with Gasteiger partial charge >= 0.3 is 0 Å². The smallest absolute Gasteiger partial charge is 0.0553 e. The van der Waals surface area contributed by atoms with Gasteiger partial charge in [0.25, 0.3) is 0 Å². The van der Waals surface area contributed by atoms with E-state index >= 15 is 0 Å². The molecule has 0 aliphatic rings. The normalized spacial score (nSPS) is 11.2. The van der Waals surface area contributed by atoms with Crippen molar-refractivity contribution in [2.45, 2.75) is 0 Å². The summed E-state index contributed by atoms with van der Waals surface area (Å²) in [4.78, 5) is 2.38. The summed E-state index contributed by atoms with van der Waals surface area (Å²) in [5.41, 5.74) is 18.7. The Hall–Kier alpha value is -8.20. The van der Waals surface area contributed by atoms with E-state index < -0.39 is 0 Å². The zero-order chi connectivity index (χ0) is 41.2. The summed E-state index contributed by atoms with van der Waals surface area (Å²) in [5, 5.41) is 2.47. The van der Waals surface area contributed by atoms with Gasteiger partial charge in [-0.25, -0.2) is 0 Å². The largest absolute Gasteiger partial charge is 0.310 e. The van der Waals surface area contributed by atoms with Crippen LogP contribution in [0.2, 0.25) is 0 Å². The van der Waals surface area contributed by atoms with Gasteiger partial charge in [0, 0.05) is 33.5 Å². The summed E-state index contributed by atoms with van der Waals surface area (Å²) in [6, 6.07) is 92.1. The summed E-state index contributed by atoms with van der Waals surface area (Å²) in [6.45, 7) is 0. The zero-order valence-corrected chi connectivity index (χ0v) is 34.1. The van der Waals surface area contributed by atoms with Crippen LogP contribution >= 0.6 is 0 Å². The zero-order valence-electron chi connectivity index (χ0n) is 34.1. The predicted molar refractivity (Wildman–Crippen MR) is 263 cm³/mol. The van der Waals surface area contributed by atoms with Gasteiger partial charge in [-0.3, -0.25) is 0 Å². The molecule has 0 N–H and O–H groups in total. The van der Waals surface area contributed by atoms with Crippen LogP contribution in [0.15, 0.2) is 255 Å². The Morgan fingerprint density at radius 1 is 0.258 bits per heavy atom. The summed E-state index contributed by atoms with van der Waals surface area (Å²) >= 11 is 0. The Labute approximate surface area is 362 Å². The maximum absolute atomic E-state index is 2.42. The number of nitrogens with zero attached hydrogens (tertiary/aromatic N) is 2. The quantitative estimate of drug-likeness (QED) is 0.141. The molecule has 1 aromatic heterocycles. The Bertz CT molecular complexity index is 3280. The number of hydrogen-bond acceptors (Lipinski definition) is 1. The molecule has 0 atom stereocenters. The van der Waals surface area contributed by atoms with Crippen LogP contribution in [0, 0.1) is 0 Å². The minimum atomic E-state index is 1.08. The lowest BCUT2D eigenvalue weighted by Gasteiger charge is -2.26. The van der Waals surface area contributed by atoms with Crippen molar-refractivity contribution in [3.05, 3.63) is 255 Å². The average Bonchev–Trinajstić information content (AvgIpc) is 3.70. The van der Waals surface area contributed by atoms with Gasteiger partial charge in [-0.1, -0.05) is 188 Å². The van der Waals surface area contributed by atoms with Crippen LogP contribution in [0.1, 0.15) is 0 Å². The fraction of sp³-hybridized carbons (Fsp3) is 0. The highest BCUT2D eigenvalue weighted by Crippen LogP contribution is 2.44. The summed E-state index contributed by atoms with van der Waals surface area (Å²) in [5.74, 6) is 0. The van der Waals surface area contributed by atoms with Gasteiger partial charge in [-0.05, 0) is 122 Å². The molecule has 2 nitrogen and oxygen atoms in total. The molecule has 11 aromatic rings.